The SMILES string of the molecule is O=C(C1CCC(c2ccccc2)CC1)N1CCCC(N2CCNCC2=O)C1. The molecule has 2 amide bonds. The Morgan fingerprint density at radius 3 is 2.52 bits per heavy atom. The third-order valence-electron chi connectivity index (χ3n) is 6.62. The summed E-state index contributed by atoms with van der Waals surface area (Å²) >= 11 is 0. The smallest absolute Gasteiger partial charge is 0.236 e. The van der Waals surface area contributed by atoms with E-state index < -0.39 is 0 Å². The summed E-state index contributed by atoms with van der Waals surface area (Å²) < 4.78 is 0. The lowest BCUT2D eigenvalue weighted by molar-refractivity contribution is -0.143. The molecule has 1 aliphatic carbocycles. The highest BCUT2D eigenvalue weighted by Gasteiger charge is 2.35. The van der Waals surface area contributed by atoms with E-state index in [1.807, 2.05) is 4.90 Å². The molecule has 1 saturated carbocycles. The van der Waals surface area contributed by atoms with Gasteiger partial charge in [0.2, 0.25) is 11.8 Å². The van der Waals surface area contributed by atoms with Crippen LogP contribution < -0.4 is 5.32 Å². The van der Waals surface area contributed by atoms with Gasteiger partial charge in [0.1, 0.15) is 0 Å². The second kappa shape index (κ2) is 8.42. The molecule has 0 bridgehead atoms. The Morgan fingerprint density at radius 1 is 1.00 bits per heavy atom. The molecule has 1 unspecified atom stereocenters. The normalized spacial score (nSPS) is 29.6. The minimum Gasteiger partial charge on any atom is -0.340 e. The molecular weight excluding hydrogens is 338 g/mol. The Kier molecular flexibility index (Phi) is 5.77. The Balaban J connectivity index is 1.32. The van der Waals surface area contributed by atoms with E-state index in [9.17, 15) is 9.59 Å². The number of likely N-dealkylation sites (tertiary alicyclic amines) is 1. The van der Waals surface area contributed by atoms with Crippen molar-refractivity contribution < 1.29 is 9.59 Å². The van der Waals surface area contributed by atoms with Gasteiger partial charge in [-0.1, -0.05) is 30.3 Å². The zero-order valence-electron chi connectivity index (χ0n) is 16.1. The van der Waals surface area contributed by atoms with Gasteiger partial charge in [0.15, 0.2) is 0 Å². The fourth-order valence-electron chi connectivity index (χ4n) is 5.07. The number of hydrogen-bond donors (Lipinski definition) is 1. The molecule has 2 heterocycles. The molecule has 3 fully saturated rings. The number of nitrogens with zero attached hydrogens (tertiary/aromatic N) is 2. The van der Waals surface area contributed by atoms with Crippen LogP contribution in [-0.2, 0) is 9.59 Å². The second-order valence-corrected chi connectivity index (χ2v) is 8.30. The monoisotopic (exact) mass is 369 g/mol. The summed E-state index contributed by atoms with van der Waals surface area (Å²) in [4.78, 5) is 29.4. The lowest BCUT2D eigenvalue weighted by atomic mass is 9.78. The molecule has 1 N–H and O–H groups in total. The van der Waals surface area contributed by atoms with Crippen LogP contribution in [0.5, 0.6) is 0 Å². The first kappa shape index (κ1) is 18.5. The van der Waals surface area contributed by atoms with Gasteiger partial charge in [0.05, 0.1) is 6.54 Å². The molecule has 5 heteroatoms. The van der Waals surface area contributed by atoms with Crippen molar-refractivity contribution in [2.24, 2.45) is 5.92 Å². The number of piperidine rings is 1. The van der Waals surface area contributed by atoms with E-state index in [2.05, 4.69) is 40.5 Å². The van der Waals surface area contributed by atoms with Crippen LogP contribution in [0, 0.1) is 5.92 Å². The minimum atomic E-state index is 0.169. The van der Waals surface area contributed by atoms with E-state index in [1.165, 1.54) is 5.56 Å². The van der Waals surface area contributed by atoms with Gasteiger partial charge in [-0.3, -0.25) is 9.59 Å². The summed E-state index contributed by atoms with van der Waals surface area (Å²) in [5.74, 6) is 1.28. The molecule has 1 aromatic rings. The first-order valence-electron chi connectivity index (χ1n) is 10.6. The van der Waals surface area contributed by atoms with Crippen LogP contribution in [0.15, 0.2) is 30.3 Å². The van der Waals surface area contributed by atoms with Crippen LogP contribution in [0.1, 0.15) is 50.0 Å². The van der Waals surface area contributed by atoms with Crippen molar-refractivity contribution in [1.82, 2.24) is 15.1 Å². The summed E-state index contributed by atoms with van der Waals surface area (Å²) in [7, 11) is 0. The quantitative estimate of drug-likeness (QED) is 0.890. The molecule has 3 aliphatic rings. The highest BCUT2D eigenvalue weighted by molar-refractivity contribution is 5.80. The fourth-order valence-corrected chi connectivity index (χ4v) is 5.07. The summed E-state index contributed by atoms with van der Waals surface area (Å²) in [5.41, 5.74) is 1.42. The fraction of sp³-hybridized carbons (Fsp3) is 0.636. The third-order valence-corrected chi connectivity index (χ3v) is 6.62. The number of piperazine rings is 1. The number of benzene rings is 1. The average Bonchev–Trinajstić information content (AvgIpc) is 2.74. The van der Waals surface area contributed by atoms with Crippen LogP contribution in [0.3, 0.4) is 0 Å². The van der Waals surface area contributed by atoms with E-state index in [1.54, 1.807) is 0 Å². The van der Waals surface area contributed by atoms with Gasteiger partial charge in [0.25, 0.3) is 0 Å². The van der Waals surface area contributed by atoms with E-state index in [0.29, 0.717) is 18.4 Å². The predicted octanol–water partition coefficient (Wildman–Crippen LogP) is 2.38. The largest absolute Gasteiger partial charge is 0.340 e. The van der Waals surface area contributed by atoms with Crippen molar-refractivity contribution in [3.05, 3.63) is 35.9 Å². The Hall–Kier alpha value is -1.88. The maximum Gasteiger partial charge on any atom is 0.236 e. The van der Waals surface area contributed by atoms with Gasteiger partial charge in [-0.2, -0.15) is 0 Å². The minimum absolute atomic E-state index is 0.169. The molecule has 4 rings (SSSR count). The molecule has 0 radical (unpaired) electrons. The second-order valence-electron chi connectivity index (χ2n) is 8.30. The van der Waals surface area contributed by atoms with Crippen molar-refractivity contribution in [2.45, 2.75) is 50.5 Å². The van der Waals surface area contributed by atoms with Crippen LogP contribution >= 0.6 is 0 Å². The number of rotatable bonds is 3. The number of hydrogen-bond acceptors (Lipinski definition) is 3. The Labute approximate surface area is 162 Å². The van der Waals surface area contributed by atoms with Gasteiger partial charge < -0.3 is 15.1 Å². The van der Waals surface area contributed by atoms with Gasteiger partial charge in [0, 0.05) is 38.1 Å². The summed E-state index contributed by atoms with van der Waals surface area (Å²) in [5, 5.41) is 3.14. The topological polar surface area (TPSA) is 52.7 Å². The van der Waals surface area contributed by atoms with E-state index in [4.69, 9.17) is 0 Å². The van der Waals surface area contributed by atoms with Crippen LogP contribution in [-0.4, -0.2) is 60.4 Å². The summed E-state index contributed by atoms with van der Waals surface area (Å²) in [6.45, 7) is 3.65. The van der Waals surface area contributed by atoms with Crippen molar-refractivity contribution in [2.75, 3.05) is 32.7 Å². The van der Waals surface area contributed by atoms with Gasteiger partial charge in [-0.25, -0.2) is 0 Å². The van der Waals surface area contributed by atoms with E-state index >= 15 is 0 Å². The molecule has 27 heavy (non-hydrogen) atoms. The van der Waals surface area contributed by atoms with E-state index in [0.717, 1.165) is 64.7 Å². The number of carbonyl (C=O) groups excluding carboxylic acids is 2. The Bertz CT molecular complexity index is 655. The van der Waals surface area contributed by atoms with Crippen molar-refractivity contribution in [3.8, 4) is 0 Å². The van der Waals surface area contributed by atoms with Gasteiger partial charge in [-0.15, -0.1) is 0 Å². The maximum absolute atomic E-state index is 13.1. The van der Waals surface area contributed by atoms with Crippen molar-refractivity contribution in [1.29, 1.82) is 0 Å². The zero-order valence-corrected chi connectivity index (χ0v) is 16.1. The molecule has 2 aliphatic heterocycles. The lowest BCUT2D eigenvalue weighted by Crippen LogP contribution is -2.58. The number of amides is 2. The zero-order chi connectivity index (χ0) is 18.6. The first-order chi connectivity index (χ1) is 13.2. The van der Waals surface area contributed by atoms with Crippen LogP contribution in [0.25, 0.3) is 0 Å². The molecule has 0 spiro atoms. The first-order valence-corrected chi connectivity index (χ1v) is 10.6. The predicted molar refractivity (Wildman–Crippen MR) is 105 cm³/mol. The van der Waals surface area contributed by atoms with Crippen molar-refractivity contribution >= 4 is 11.8 Å². The van der Waals surface area contributed by atoms with E-state index in [-0.39, 0.29) is 17.9 Å². The summed E-state index contributed by atoms with van der Waals surface area (Å²) in [6, 6.07) is 10.9. The highest BCUT2D eigenvalue weighted by Crippen LogP contribution is 2.36. The number of nitrogens with one attached hydrogen (secondary N) is 1. The standard InChI is InChI=1S/C22H31N3O2/c26-21-15-23-12-14-25(21)20-7-4-13-24(16-20)22(27)19-10-8-18(9-11-19)17-5-2-1-3-6-17/h1-3,5-6,18-20,23H,4,7-16H2. The maximum atomic E-state index is 13.1. The average molecular weight is 370 g/mol. The third kappa shape index (κ3) is 4.18. The van der Waals surface area contributed by atoms with Crippen molar-refractivity contribution in [3.63, 3.8) is 0 Å². The summed E-state index contributed by atoms with van der Waals surface area (Å²) in [6.07, 6.45) is 6.23. The molecule has 0 aromatic heterocycles. The molecule has 1 atom stereocenters. The molecule has 1 aromatic carbocycles. The highest BCUT2D eigenvalue weighted by atomic mass is 16.2. The molecular formula is C22H31N3O2. The number of carbonyl (C=O) groups is 2. The van der Waals surface area contributed by atoms with Crippen LogP contribution in [0.4, 0.5) is 0 Å². The Morgan fingerprint density at radius 2 is 1.78 bits per heavy atom. The van der Waals surface area contributed by atoms with Gasteiger partial charge >= 0.3 is 0 Å². The molecule has 2 saturated heterocycles. The molecule has 5 nitrogen and oxygen atoms in total. The lowest BCUT2D eigenvalue weighted by Gasteiger charge is -2.42. The van der Waals surface area contributed by atoms with Gasteiger partial charge in [-0.05, 0) is 50.0 Å². The molecule has 146 valence electrons. The van der Waals surface area contributed by atoms with Crippen LogP contribution in [0.2, 0.25) is 0 Å².